The van der Waals surface area contributed by atoms with Crippen LogP contribution in [0.2, 0.25) is 0 Å². The molecule has 0 aliphatic carbocycles. The Labute approximate surface area is 180 Å². The minimum Gasteiger partial charge on any atom is -0.468 e. The van der Waals surface area contributed by atoms with Crippen LogP contribution in [-0.2, 0) is 19.1 Å². The molecule has 8 nitrogen and oxygen atoms in total. The minimum atomic E-state index is -0.759. The number of hydrogen-bond donors (Lipinski definition) is 2. The second-order valence-corrected chi connectivity index (χ2v) is 7.19. The molecule has 1 heterocycles. The summed E-state index contributed by atoms with van der Waals surface area (Å²) in [5.74, 6) is -1.43. The van der Waals surface area contributed by atoms with E-state index in [0.717, 1.165) is 18.4 Å². The van der Waals surface area contributed by atoms with Gasteiger partial charge in [-0.05, 0) is 36.6 Å². The number of methoxy groups -OCH3 is 1. The fourth-order valence-corrected chi connectivity index (χ4v) is 3.48. The number of ether oxygens (including phenoxy) is 1. The van der Waals surface area contributed by atoms with Crippen molar-refractivity contribution >= 4 is 29.4 Å². The molecule has 0 radical (unpaired) electrons. The summed E-state index contributed by atoms with van der Waals surface area (Å²) in [6.45, 7) is 0.265. The Bertz CT molecular complexity index is 961. The zero-order valence-corrected chi connectivity index (χ0v) is 17.3. The molecule has 1 atom stereocenters. The summed E-state index contributed by atoms with van der Waals surface area (Å²) < 4.78 is 4.50. The smallest absolute Gasteiger partial charge is 0.325 e. The number of hydrogen-bond acceptors (Lipinski definition) is 5. The molecule has 162 valence electrons. The number of benzene rings is 2. The first-order valence-corrected chi connectivity index (χ1v) is 10.1. The number of carbonyl (C=O) groups excluding carboxylic acids is 4. The van der Waals surface area contributed by atoms with Crippen molar-refractivity contribution in [1.29, 1.82) is 0 Å². The van der Waals surface area contributed by atoms with Crippen LogP contribution < -0.4 is 10.6 Å². The molecule has 0 bridgehead atoms. The normalized spacial score (nSPS) is 14.5. The molecule has 3 amide bonds. The first-order chi connectivity index (χ1) is 15.0. The van der Waals surface area contributed by atoms with E-state index in [-0.39, 0.29) is 23.9 Å². The molecule has 1 saturated heterocycles. The molecule has 2 aromatic rings. The first kappa shape index (κ1) is 22.0. The van der Waals surface area contributed by atoms with E-state index in [1.165, 1.54) is 13.2 Å². The number of amides is 3. The highest BCUT2D eigenvalue weighted by Crippen LogP contribution is 2.27. The number of rotatable bonds is 7. The summed E-state index contributed by atoms with van der Waals surface area (Å²) in [5, 5.41) is 5.28. The number of nitrogens with one attached hydrogen (secondary N) is 2. The standard InChI is InChI=1S/C23H25N3O5/c1-31-20(28)15-24-22(29)17-10-7-11-18(14-17)25-23(30)21(16-8-3-2-4-9-16)26-13-6-5-12-19(26)27/h2-4,7-11,14,21H,5-6,12-13,15H2,1H3,(H,24,29)(H,25,30). The summed E-state index contributed by atoms with van der Waals surface area (Å²) in [5.41, 5.74) is 1.43. The molecule has 1 fully saturated rings. The Morgan fingerprint density at radius 1 is 1.06 bits per heavy atom. The first-order valence-electron chi connectivity index (χ1n) is 10.1. The molecule has 1 unspecified atom stereocenters. The predicted molar refractivity (Wildman–Crippen MR) is 114 cm³/mol. The maximum absolute atomic E-state index is 13.2. The van der Waals surface area contributed by atoms with Gasteiger partial charge in [-0.3, -0.25) is 19.2 Å². The largest absolute Gasteiger partial charge is 0.468 e. The van der Waals surface area contributed by atoms with Gasteiger partial charge in [-0.2, -0.15) is 0 Å². The molecule has 3 rings (SSSR count). The van der Waals surface area contributed by atoms with Gasteiger partial charge in [0.1, 0.15) is 12.6 Å². The van der Waals surface area contributed by atoms with E-state index in [1.54, 1.807) is 23.1 Å². The number of likely N-dealkylation sites (tertiary alicyclic amines) is 1. The molecule has 2 N–H and O–H groups in total. The number of esters is 1. The molecule has 1 aliphatic heterocycles. The maximum Gasteiger partial charge on any atom is 0.325 e. The number of piperidine rings is 1. The second-order valence-electron chi connectivity index (χ2n) is 7.19. The van der Waals surface area contributed by atoms with Crippen molar-refractivity contribution in [3.8, 4) is 0 Å². The topological polar surface area (TPSA) is 105 Å². The Hall–Kier alpha value is -3.68. The summed E-state index contributed by atoms with van der Waals surface area (Å²) >= 11 is 0. The van der Waals surface area contributed by atoms with Gasteiger partial charge in [0.15, 0.2) is 0 Å². The van der Waals surface area contributed by atoms with Crippen LogP contribution in [0.3, 0.4) is 0 Å². The Balaban J connectivity index is 1.78. The summed E-state index contributed by atoms with van der Waals surface area (Å²) in [6.07, 6.45) is 2.09. The van der Waals surface area contributed by atoms with E-state index < -0.39 is 17.9 Å². The molecule has 0 spiro atoms. The third-order valence-corrected chi connectivity index (χ3v) is 5.05. The van der Waals surface area contributed by atoms with Crippen molar-refractivity contribution in [2.45, 2.75) is 25.3 Å². The summed E-state index contributed by atoms with van der Waals surface area (Å²) in [4.78, 5) is 50.8. The molecule has 1 aliphatic rings. The second kappa shape index (κ2) is 10.4. The Kier molecular flexibility index (Phi) is 7.37. The van der Waals surface area contributed by atoms with Gasteiger partial charge in [0, 0.05) is 24.2 Å². The van der Waals surface area contributed by atoms with Crippen molar-refractivity contribution in [3.63, 3.8) is 0 Å². The maximum atomic E-state index is 13.2. The van der Waals surface area contributed by atoms with E-state index in [0.29, 0.717) is 18.7 Å². The van der Waals surface area contributed by atoms with Crippen LogP contribution in [0.15, 0.2) is 54.6 Å². The third-order valence-electron chi connectivity index (χ3n) is 5.05. The van der Waals surface area contributed by atoms with E-state index in [1.807, 2.05) is 30.3 Å². The van der Waals surface area contributed by atoms with Gasteiger partial charge < -0.3 is 20.3 Å². The van der Waals surface area contributed by atoms with Gasteiger partial charge in [-0.25, -0.2) is 0 Å². The van der Waals surface area contributed by atoms with Crippen LogP contribution in [-0.4, -0.2) is 48.8 Å². The van der Waals surface area contributed by atoms with Gasteiger partial charge in [-0.15, -0.1) is 0 Å². The highest BCUT2D eigenvalue weighted by atomic mass is 16.5. The number of carbonyl (C=O) groups is 4. The van der Waals surface area contributed by atoms with E-state index >= 15 is 0 Å². The molecule has 0 saturated carbocycles. The lowest BCUT2D eigenvalue weighted by Crippen LogP contribution is -2.43. The Morgan fingerprint density at radius 3 is 2.55 bits per heavy atom. The Morgan fingerprint density at radius 2 is 1.84 bits per heavy atom. The van der Waals surface area contributed by atoms with Gasteiger partial charge >= 0.3 is 5.97 Å². The lowest BCUT2D eigenvalue weighted by Gasteiger charge is -2.34. The van der Waals surface area contributed by atoms with Crippen molar-refractivity contribution < 1.29 is 23.9 Å². The van der Waals surface area contributed by atoms with E-state index in [4.69, 9.17) is 0 Å². The molecule has 31 heavy (non-hydrogen) atoms. The average molecular weight is 423 g/mol. The van der Waals surface area contributed by atoms with E-state index in [9.17, 15) is 19.2 Å². The van der Waals surface area contributed by atoms with Crippen molar-refractivity contribution in [2.75, 3.05) is 25.5 Å². The van der Waals surface area contributed by atoms with E-state index in [2.05, 4.69) is 15.4 Å². The number of nitrogens with zero attached hydrogens (tertiary/aromatic N) is 1. The SMILES string of the molecule is COC(=O)CNC(=O)c1cccc(NC(=O)C(c2ccccc2)N2CCCCC2=O)c1. The van der Waals surface area contributed by atoms with Gasteiger partial charge in [0.2, 0.25) is 5.91 Å². The van der Waals surface area contributed by atoms with Crippen molar-refractivity contribution in [1.82, 2.24) is 10.2 Å². The quantitative estimate of drug-likeness (QED) is 0.665. The van der Waals surface area contributed by atoms with Crippen LogP contribution in [0.1, 0.15) is 41.2 Å². The zero-order valence-electron chi connectivity index (χ0n) is 17.3. The molecular weight excluding hydrogens is 398 g/mol. The van der Waals surface area contributed by atoms with Crippen LogP contribution >= 0.6 is 0 Å². The minimum absolute atomic E-state index is 0.0498. The molecule has 0 aromatic heterocycles. The van der Waals surface area contributed by atoms with Crippen molar-refractivity contribution in [3.05, 3.63) is 65.7 Å². The van der Waals surface area contributed by atoms with Gasteiger partial charge in [0.25, 0.3) is 11.8 Å². The lowest BCUT2D eigenvalue weighted by molar-refractivity contribution is -0.141. The number of anilines is 1. The fourth-order valence-electron chi connectivity index (χ4n) is 3.48. The third kappa shape index (κ3) is 5.69. The zero-order chi connectivity index (χ0) is 22.2. The van der Waals surface area contributed by atoms with Gasteiger partial charge in [0.05, 0.1) is 7.11 Å². The van der Waals surface area contributed by atoms with Gasteiger partial charge in [-0.1, -0.05) is 36.4 Å². The monoisotopic (exact) mass is 423 g/mol. The molecular formula is C23H25N3O5. The van der Waals surface area contributed by atoms with Crippen LogP contribution in [0.25, 0.3) is 0 Å². The van der Waals surface area contributed by atoms with Crippen LogP contribution in [0.4, 0.5) is 5.69 Å². The summed E-state index contributed by atoms with van der Waals surface area (Å²) in [6, 6.07) is 14.8. The average Bonchev–Trinajstić information content (AvgIpc) is 2.79. The molecule has 8 heteroatoms. The highest BCUT2D eigenvalue weighted by Gasteiger charge is 2.32. The fraction of sp³-hybridized carbons (Fsp3) is 0.304. The lowest BCUT2D eigenvalue weighted by atomic mass is 10.0. The highest BCUT2D eigenvalue weighted by molar-refractivity contribution is 6.00. The summed E-state index contributed by atoms with van der Waals surface area (Å²) in [7, 11) is 1.24. The van der Waals surface area contributed by atoms with Crippen LogP contribution in [0, 0.1) is 0 Å². The van der Waals surface area contributed by atoms with Crippen molar-refractivity contribution in [2.24, 2.45) is 0 Å². The van der Waals surface area contributed by atoms with Crippen LogP contribution in [0.5, 0.6) is 0 Å². The molecule has 2 aromatic carbocycles. The predicted octanol–water partition coefficient (Wildman–Crippen LogP) is 2.28.